The summed E-state index contributed by atoms with van der Waals surface area (Å²) in [5, 5.41) is 22.2. The minimum Gasteiger partial charge on any atom is -0.507 e. The number of hydrogen-bond donors (Lipinski definition) is 4. The van der Waals surface area contributed by atoms with E-state index in [0.29, 0.717) is 25.1 Å². The molecule has 3 rings (SSSR count). The van der Waals surface area contributed by atoms with Crippen molar-refractivity contribution in [1.29, 1.82) is 0 Å². The molecular weight excluding hydrogens is 432 g/mol. The van der Waals surface area contributed by atoms with Crippen LogP contribution in [0.1, 0.15) is 54.6 Å². The van der Waals surface area contributed by atoms with Crippen molar-refractivity contribution < 1.29 is 33.7 Å². The van der Waals surface area contributed by atoms with Gasteiger partial charge in [0.05, 0.1) is 12.7 Å². The van der Waals surface area contributed by atoms with E-state index in [4.69, 9.17) is 14.2 Å². The molecule has 1 aromatic carbocycles. The minimum atomic E-state index is -0.493. The molecule has 33 heavy (non-hydrogen) atoms. The first-order valence-corrected chi connectivity index (χ1v) is 10.7. The maximum absolute atomic E-state index is 12.3. The molecule has 0 bridgehead atoms. The van der Waals surface area contributed by atoms with Gasteiger partial charge < -0.3 is 30.0 Å². The van der Waals surface area contributed by atoms with Gasteiger partial charge >= 0.3 is 6.09 Å². The number of aromatic amines is 1. The Hall–Kier alpha value is -3.76. The van der Waals surface area contributed by atoms with Crippen LogP contribution in [0.3, 0.4) is 0 Å². The van der Waals surface area contributed by atoms with Crippen LogP contribution >= 0.6 is 0 Å². The second kappa shape index (κ2) is 11.2. The fourth-order valence-corrected chi connectivity index (χ4v) is 3.62. The normalized spacial score (nSPS) is 17.3. The number of amides is 2. The zero-order chi connectivity index (χ0) is 23.8. The summed E-state index contributed by atoms with van der Waals surface area (Å²) in [6, 6.07) is 4.42. The number of alkyl carbamates (subject to hydrolysis) is 1. The molecule has 2 amide bonds. The Bertz CT molecular complexity index is 991. The number of hydrogen-bond acceptors (Lipinski definition) is 8. The van der Waals surface area contributed by atoms with Crippen LogP contribution < -0.4 is 20.1 Å². The van der Waals surface area contributed by atoms with Crippen LogP contribution in [0, 0.1) is 0 Å². The maximum atomic E-state index is 12.3. The molecule has 1 heterocycles. The first-order valence-electron chi connectivity index (χ1n) is 10.7. The van der Waals surface area contributed by atoms with Gasteiger partial charge in [0.25, 0.3) is 5.91 Å². The van der Waals surface area contributed by atoms with E-state index in [2.05, 4.69) is 20.8 Å². The lowest BCUT2D eigenvalue weighted by Gasteiger charge is -2.12. The van der Waals surface area contributed by atoms with E-state index < -0.39 is 18.6 Å². The van der Waals surface area contributed by atoms with Crippen LogP contribution in [-0.4, -0.2) is 60.0 Å². The highest BCUT2D eigenvalue weighted by Gasteiger charge is 2.30. The predicted octanol–water partition coefficient (Wildman–Crippen LogP) is 2.73. The quantitative estimate of drug-likeness (QED) is 0.395. The molecule has 1 fully saturated rings. The first-order chi connectivity index (χ1) is 15.9. The minimum absolute atomic E-state index is 0.0275. The van der Waals surface area contributed by atoms with Crippen molar-refractivity contribution in [2.45, 2.75) is 44.6 Å². The molecule has 1 aromatic heterocycles. The van der Waals surface area contributed by atoms with Crippen LogP contribution in [0.2, 0.25) is 0 Å². The molecule has 0 saturated heterocycles. The molecule has 0 unspecified atom stereocenters. The third-order valence-electron chi connectivity index (χ3n) is 5.29. The third kappa shape index (κ3) is 6.37. The summed E-state index contributed by atoms with van der Waals surface area (Å²) in [5.74, 6) is -0.0243. The number of nitrogens with zero attached hydrogens (tertiary/aromatic N) is 1. The molecule has 11 heteroatoms. The van der Waals surface area contributed by atoms with E-state index in [1.165, 1.54) is 19.2 Å². The van der Waals surface area contributed by atoms with E-state index >= 15 is 0 Å². The Balaban J connectivity index is 1.51. The maximum Gasteiger partial charge on any atom is 0.407 e. The predicted molar refractivity (Wildman–Crippen MR) is 118 cm³/mol. The van der Waals surface area contributed by atoms with Gasteiger partial charge in [-0.25, -0.2) is 4.79 Å². The van der Waals surface area contributed by atoms with Gasteiger partial charge in [0.1, 0.15) is 23.4 Å². The summed E-state index contributed by atoms with van der Waals surface area (Å²) in [6.45, 7) is 2.15. The zero-order valence-corrected chi connectivity index (χ0v) is 18.6. The summed E-state index contributed by atoms with van der Waals surface area (Å²) in [5.41, 5.74) is 0.763. The number of phenolic OH excluding ortho intramolecular Hbond substituents is 1. The molecule has 4 N–H and O–H groups in total. The average molecular weight is 460 g/mol. The van der Waals surface area contributed by atoms with Crippen molar-refractivity contribution in [3.8, 4) is 17.2 Å². The summed E-state index contributed by atoms with van der Waals surface area (Å²) in [6.07, 6.45) is 2.98. The largest absolute Gasteiger partial charge is 0.507 e. The number of carbonyl (C=O) groups excluding carboxylic acids is 3. The van der Waals surface area contributed by atoms with Gasteiger partial charge in [-0.3, -0.25) is 14.7 Å². The van der Waals surface area contributed by atoms with Crippen molar-refractivity contribution in [3.05, 3.63) is 29.5 Å². The lowest BCUT2D eigenvalue weighted by molar-refractivity contribution is -0.118. The fourth-order valence-electron chi connectivity index (χ4n) is 3.62. The number of H-pyrrole nitrogens is 1. The lowest BCUT2D eigenvalue weighted by Crippen LogP contribution is -2.28. The van der Waals surface area contributed by atoms with Crippen molar-refractivity contribution in [2.75, 3.05) is 25.6 Å². The van der Waals surface area contributed by atoms with Gasteiger partial charge in [0, 0.05) is 36.4 Å². The van der Waals surface area contributed by atoms with Crippen molar-refractivity contribution in [1.82, 2.24) is 15.5 Å². The van der Waals surface area contributed by atoms with Crippen LogP contribution in [0.4, 0.5) is 10.6 Å². The fraction of sp³-hybridized carbons (Fsp3) is 0.455. The molecule has 0 aliphatic heterocycles. The van der Waals surface area contributed by atoms with Crippen molar-refractivity contribution >= 4 is 24.1 Å². The average Bonchev–Trinajstić information content (AvgIpc) is 3.45. The molecule has 0 spiro atoms. The number of methoxy groups -OCH3 is 1. The number of ether oxygens (including phenoxy) is 3. The monoisotopic (exact) mass is 460 g/mol. The smallest absolute Gasteiger partial charge is 0.407 e. The summed E-state index contributed by atoms with van der Waals surface area (Å²) in [4.78, 5) is 35.2. The molecule has 2 atom stereocenters. The number of anilines is 1. The lowest BCUT2D eigenvalue weighted by atomic mass is 10.0. The van der Waals surface area contributed by atoms with Crippen molar-refractivity contribution in [3.63, 3.8) is 0 Å². The second-order valence-corrected chi connectivity index (χ2v) is 7.69. The highest BCUT2D eigenvalue weighted by atomic mass is 16.6. The molecular formula is C22H28N4O7. The highest BCUT2D eigenvalue weighted by Crippen LogP contribution is 2.36. The van der Waals surface area contributed by atoms with Gasteiger partial charge in [0.15, 0.2) is 18.7 Å². The number of rotatable bonds is 10. The Kier molecular flexibility index (Phi) is 8.11. The molecule has 178 valence electrons. The zero-order valence-electron chi connectivity index (χ0n) is 18.6. The number of nitrogens with one attached hydrogen (secondary N) is 3. The Morgan fingerprint density at radius 3 is 2.85 bits per heavy atom. The van der Waals surface area contributed by atoms with Gasteiger partial charge in [-0.1, -0.05) is 6.92 Å². The van der Waals surface area contributed by atoms with Gasteiger partial charge in [-0.15, -0.1) is 0 Å². The summed E-state index contributed by atoms with van der Waals surface area (Å²) in [7, 11) is 1.40. The summed E-state index contributed by atoms with van der Waals surface area (Å²) >= 11 is 0. The first kappa shape index (κ1) is 23.9. The highest BCUT2D eigenvalue weighted by molar-refractivity contribution is 5.91. The topological polar surface area (TPSA) is 152 Å². The van der Waals surface area contributed by atoms with Crippen LogP contribution in [0.5, 0.6) is 17.2 Å². The van der Waals surface area contributed by atoms with E-state index in [9.17, 15) is 19.5 Å². The number of benzene rings is 1. The molecule has 11 nitrogen and oxygen atoms in total. The Labute approximate surface area is 190 Å². The standard InChI is InChI=1S/C22H28N4O7/c1-3-6-23-22(30)33-14-5-4-13(7-14)17-10-20(26-25-17)24-21(29)12-32-19-9-15(31-2)8-18(28)16(19)11-27/h8-11,13-14,28H,3-7,12H2,1-2H3,(H,23,30)(H2,24,25,26,29)/t13-,14+/m0/s1. The van der Waals surface area contributed by atoms with Crippen LogP contribution in [0.15, 0.2) is 18.2 Å². The molecule has 2 aromatic rings. The number of aromatic hydroxyl groups is 1. The van der Waals surface area contributed by atoms with Gasteiger partial charge in [0.2, 0.25) is 0 Å². The molecule has 1 saturated carbocycles. The van der Waals surface area contributed by atoms with E-state index in [1.54, 1.807) is 6.07 Å². The van der Waals surface area contributed by atoms with E-state index in [0.717, 1.165) is 25.0 Å². The SMILES string of the molecule is CCCNC(=O)O[C@@H]1CC[C@H](c2cc(NC(=O)COc3cc(OC)cc(O)c3C=O)n[nH]2)C1. The molecule has 1 aliphatic rings. The van der Waals surface area contributed by atoms with Gasteiger partial charge in [-0.05, 0) is 25.7 Å². The van der Waals surface area contributed by atoms with Crippen molar-refractivity contribution in [2.24, 2.45) is 0 Å². The van der Waals surface area contributed by atoms with Crippen LogP contribution in [0.25, 0.3) is 0 Å². The second-order valence-electron chi connectivity index (χ2n) is 7.69. The number of carbonyl (C=O) groups is 3. The third-order valence-corrected chi connectivity index (χ3v) is 5.29. The number of phenols is 1. The Morgan fingerprint density at radius 2 is 2.12 bits per heavy atom. The Morgan fingerprint density at radius 1 is 1.30 bits per heavy atom. The number of aromatic nitrogens is 2. The van der Waals surface area contributed by atoms with Crippen LogP contribution in [-0.2, 0) is 9.53 Å². The molecule has 1 aliphatic carbocycles. The molecule has 0 radical (unpaired) electrons. The van der Waals surface area contributed by atoms with E-state index in [1.807, 2.05) is 6.92 Å². The van der Waals surface area contributed by atoms with E-state index in [-0.39, 0.29) is 34.8 Å². The summed E-state index contributed by atoms with van der Waals surface area (Å²) < 4.78 is 15.9. The number of aldehydes is 1. The van der Waals surface area contributed by atoms with Gasteiger partial charge in [-0.2, -0.15) is 5.10 Å².